The minimum Gasteiger partial charge on any atom is -0.444 e. The molecule has 7 nitrogen and oxygen atoms in total. The molecule has 0 bridgehead atoms. The number of ether oxygens (including phenoxy) is 1. The Kier molecular flexibility index (Phi) is 5.13. The molecule has 1 aromatic carbocycles. The standard InChI is InChI=1S/C19H22FN5O2/c1-19(2,27-18(22)26)8-12-7-14(20)11-25(10-12)15-4-3-13(9-21)16-17(15)24-6-5-23-16/h3-6,12,14H,7-8,10-11H2,1-2H3,(H2,22,26)/t12-,14-/m0/s1. The zero-order chi connectivity index (χ0) is 19.6. The molecular weight excluding hydrogens is 349 g/mol. The van der Waals surface area contributed by atoms with E-state index in [-0.39, 0.29) is 12.5 Å². The third kappa shape index (κ3) is 4.25. The number of amides is 1. The van der Waals surface area contributed by atoms with Crippen LogP contribution in [0.3, 0.4) is 0 Å². The number of primary amides is 1. The first-order valence-electron chi connectivity index (χ1n) is 8.80. The largest absolute Gasteiger partial charge is 0.444 e. The van der Waals surface area contributed by atoms with E-state index in [9.17, 15) is 14.4 Å². The SMILES string of the molecule is CC(C)(C[C@@H]1C[C@H](F)CN(c2ccc(C#N)c3nccnc23)C1)OC(N)=O. The molecule has 0 spiro atoms. The number of hydrogen-bond donors (Lipinski definition) is 1. The average Bonchev–Trinajstić information content (AvgIpc) is 2.58. The molecule has 0 unspecified atom stereocenters. The Balaban J connectivity index is 1.88. The van der Waals surface area contributed by atoms with E-state index in [0.29, 0.717) is 36.0 Å². The van der Waals surface area contributed by atoms with E-state index < -0.39 is 17.9 Å². The van der Waals surface area contributed by atoms with Crippen molar-refractivity contribution in [3.63, 3.8) is 0 Å². The molecule has 2 N–H and O–H groups in total. The molecule has 2 aromatic rings. The number of carbonyl (C=O) groups excluding carboxylic acids is 1. The number of piperidine rings is 1. The van der Waals surface area contributed by atoms with Crippen molar-refractivity contribution in [1.82, 2.24) is 9.97 Å². The van der Waals surface area contributed by atoms with Crippen LogP contribution in [-0.4, -0.2) is 40.9 Å². The summed E-state index contributed by atoms with van der Waals surface area (Å²) in [6.07, 6.45) is 2.13. The van der Waals surface area contributed by atoms with Crippen LogP contribution in [0.1, 0.15) is 32.3 Å². The van der Waals surface area contributed by atoms with Crippen LogP contribution in [0.4, 0.5) is 14.9 Å². The fraction of sp³-hybridized carbons (Fsp3) is 0.474. The fourth-order valence-corrected chi connectivity index (χ4v) is 3.88. The maximum Gasteiger partial charge on any atom is 0.405 e. The van der Waals surface area contributed by atoms with Gasteiger partial charge in [-0.25, -0.2) is 9.18 Å². The summed E-state index contributed by atoms with van der Waals surface area (Å²) in [5.41, 5.74) is 6.63. The Morgan fingerprint density at radius 2 is 2.07 bits per heavy atom. The van der Waals surface area contributed by atoms with Crippen LogP contribution >= 0.6 is 0 Å². The van der Waals surface area contributed by atoms with Gasteiger partial charge < -0.3 is 15.4 Å². The lowest BCUT2D eigenvalue weighted by molar-refractivity contribution is 0.0212. The van der Waals surface area contributed by atoms with Crippen molar-refractivity contribution >= 4 is 22.8 Å². The number of carbonyl (C=O) groups is 1. The lowest BCUT2D eigenvalue weighted by atomic mass is 9.86. The first kappa shape index (κ1) is 18.8. The number of nitrogens with two attached hydrogens (primary N) is 1. The minimum absolute atomic E-state index is 0.0227. The number of alkyl halides is 1. The zero-order valence-electron chi connectivity index (χ0n) is 15.4. The van der Waals surface area contributed by atoms with E-state index in [1.54, 1.807) is 32.2 Å². The Hall–Kier alpha value is -2.95. The third-order valence-corrected chi connectivity index (χ3v) is 4.71. The maximum atomic E-state index is 14.5. The van der Waals surface area contributed by atoms with Crippen molar-refractivity contribution in [2.24, 2.45) is 11.7 Å². The van der Waals surface area contributed by atoms with E-state index in [1.807, 2.05) is 4.90 Å². The zero-order valence-corrected chi connectivity index (χ0v) is 15.4. The number of rotatable bonds is 4. The van der Waals surface area contributed by atoms with Crippen molar-refractivity contribution in [3.05, 3.63) is 30.1 Å². The van der Waals surface area contributed by atoms with Crippen molar-refractivity contribution in [3.8, 4) is 6.07 Å². The summed E-state index contributed by atoms with van der Waals surface area (Å²) in [6, 6.07) is 5.58. The normalized spacial score (nSPS) is 20.3. The summed E-state index contributed by atoms with van der Waals surface area (Å²) in [5.74, 6) is -0.0227. The lowest BCUT2D eigenvalue weighted by Crippen LogP contribution is -2.45. The number of aromatic nitrogens is 2. The van der Waals surface area contributed by atoms with Gasteiger partial charge in [0, 0.05) is 25.5 Å². The summed E-state index contributed by atoms with van der Waals surface area (Å²) in [4.78, 5) is 21.6. The Morgan fingerprint density at radius 3 is 2.74 bits per heavy atom. The summed E-state index contributed by atoms with van der Waals surface area (Å²) in [7, 11) is 0. The number of anilines is 1. The predicted molar refractivity (Wildman–Crippen MR) is 98.8 cm³/mol. The quantitative estimate of drug-likeness (QED) is 0.886. The molecule has 3 rings (SSSR count). The maximum absolute atomic E-state index is 14.5. The van der Waals surface area contributed by atoms with Gasteiger partial charge in [0.1, 0.15) is 28.9 Å². The Morgan fingerprint density at radius 1 is 1.37 bits per heavy atom. The second-order valence-corrected chi connectivity index (χ2v) is 7.49. The fourth-order valence-electron chi connectivity index (χ4n) is 3.88. The number of hydrogen-bond acceptors (Lipinski definition) is 6. The van der Waals surface area contributed by atoms with Crippen molar-refractivity contribution in [1.29, 1.82) is 5.26 Å². The molecule has 2 heterocycles. The van der Waals surface area contributed by atoms with Gasteiger partial charge in [0.2, 0.25) is 0 Å². The van der Waals surface area contributed by atoms with Crippen LogP contribution in [-0.2, 0) is 4.74 Å². The second kappa shape index (κ2) is 7.35. The molecule has 1 saturated heterocycles. The van der Waals surface area contributed by atoms with Crippen LogP contribution in [0.25, 0.3) is 11.0 Å². The molecule has 1 amide bonds. The first-order chi connectivity index (χ1) is 12.8. The van der Waals surface area contributed by atoms with Crippen LogP contribution in [0.5, 0.6) is 0 Å². The Labute approximate surface area is 156 Å². The Bertz CT molecular complexity index is 895. The third-order valence-electron chi connectivity index (χ3n) is 4.71. The molecule has 0 aliphatic carbocycles. The van der Waals surface area contributed by atoms with Crippen LogP contribution in [0.15, 0.2) is 24.5 Å². The smallest absolute Gasteiger partial charge is 0.405 e. The topological polar surface area (TPSA) is 105 Å². The van der Waals surface area contributed by atoms with Crippen molar-refractivity contribution < 1.29 is 13.9 Å². The molecule has 1 aromatic heterocycles. The van der Waals surface area contributed by atoms with Gasteiger partial charge in [-0.15, -0.1) is 0 Å². The summed E-state index contributed by atoms with van der Waals surface area (Å²) < 4.78 is 19.6. The molecule has 2 atom stereocenters. The van der Waals surface area contributed by atoms with Gasteiger partial charge in [0.15, 0.2) is 0 Å². The molecule has 1 fully saturated rings. The van der Waals surface area contributed by atoms with Gasteiger partial charge in [0.05, 0.1) is 11.3 Å². The highest BCUT2D eigenvalue weighted by atomic mass is 19.1. The monoisotopic (exact) mass is 371 g/mol. The van der Waals surface area contributed by atoms with Crippen LogP contribution < -0.4 is 10.6 Å². The predicted octanol–water partition coefficient (Wildman–Crippen LogP) is 2.93. The molecule has 1 aliphatic heterocycles. The number of benzene rings is 1. The van der Waals surface area contributed by atoms with Gasteiger partial charge in [-0.05, 0) is 44.7 Å². The molecule has 8 heteroatoms. The van der Waals surface area contributed by atoms with Crippen molar-refractivity contribution in [2.45, 2.75) is 38.5 Å². The van der Waals surface area contributed by atoms with E-state index >= 15 is 0 Å². The molecule has 0 saturated carbocycles. The van der Waals surface area contributed by atoms with E-state index in [0.717, 1.165) is 5.69 Å². The van der Waals surface area contributed by atoms with E-state index in [2.05, 4.69) is 16.0 Å². The molecule has 27 heavy (non-hydrogen) atoms. The number of halogens is 1. The minimum atomic E-state index is -1.02. The lowest BCUT2D eigenvalue weighted by Gasteiger charge is -2.39. The number of nitrogens with zero attached hydrogens (tertiary/aromatic N) is 4. The van der Waals surface area contributed by atoms with Gasteiger partial charge >= 0.3 is 6.09 Å². The van der Waals surface area contributed by atoms with Gasteiger partial charge in [-0.3, -0.25) is 9.97 Å². The van der Waals surface area contributed by atoms with Gasteiger partial charge in [-0.1, -0.05) is 0 Å². The summed E-state index contributed by atoms with van der Waals surface area (Å²) in [6.45, 7) is 4.37. The first-order valence-corrected chi connectivity index (χ1v) is 8.80. The highest BCUT2D eigenvalue weighted by Gasteiger charge is 2.34. The molecule has 1 aliphatic rings. The average molecular weight is 371 g/mol. The van der Waals surface area contributed by atoms with Crippen LogP contribution in [0.2, 0.25) is 0 Å². The van der Waals surface area contributed by atoms with E-state index in [1.165, 1.54) is 6.20 Å². The molecule has 0 radical (unpaired) electrons. The van der Waals surface area contributed by atoms with Gasteiger partial charge in [-0.2, -0.15) is 5.26 Å². The van der Waals surface area contributed by atoms with Gasteiger partial charge in [0.25, 0.3) is 0 Å². The highest BCUT2D eigenvalue weighted by molar-refractivity contribution is 5.92. The highest BCUT2D eigenvalue weighted by Crippen LogP contribution is 2.34. The van der Waals surface area contributed by atoms with Crippen molar-refractivity contribution in [2.75, 3.05) is 18.0 Å². The molecule has 142 valence electrons. The number of nitriles is 1. The summed E-state index contributed by atoms with van der Waals surface area (Å²) in [5, 5.41) is 9.28. The second-order valence-electron chi connectivity index (χ2n) is 7.49. The van der Waals surface area contributed by atoms with E-state index in [4.69, 9.17) is 10.5 Å². The molecular formula is C19H22FN5O2. The summed E-state index contributed by atoms with van der Waals surface area (Å²) >= 11 is 0. The number of fused-ring (bicyclic) bond motifs is 1. The van der Waals surface area contributed by atoms with Crippen LogP contribution in [0, 0.1) is 17.2 Å².